The second kappa shape index (κ2) is 6.88. The molecular weight excluding hydrogens is 290 g/mol. The first-order valence-corrected chi connectivity index (χ1v) is 9.42. The van der Waals surface area contributed by atoms with Crippen LogP contribution >= 0.6 is 11.8 Å². The number of nitrogens with zero attached hydrogens (tertiary/aromatic N) is 2. The Morgan fingerprint density at radius 2 is 2.18 bits per heavy atom. The minimum Gasteiger partial charge on any atom is -0.348 e. The van der Waals surface area contributed by atoms with Crippen molar-refractivity contribution in [3.63, 3.8) is 0 Å². The third kappa shape index (κ3) is 3.08. The molecule has 1 N–H and O–H groups in total. The van der Waals surface area contributed by atoms with Gasteiger partial charge in [-0.15, -0.1) is 0 Å². The average Bonchev–Trinajstić information content (AvgIpc) is 2.98. The van der Waals surface area contributed by atoms with Crippen LogP contribution in [0, 0.1) is 13.8 Å². The fourth-order valence-corrected chi connectivity index (χ4v) is 3.70. The van der Waals surface area contributed by atoms with Gasteiger partial charge in [0.1, 0.15) is 0 Å². The van der Waals surface area contributed by atoms with E-state index >= 15 is 0 Å². The number of thioether (sulfide) groups is 1. The van der Waals surface area contributed by atoms with Crippen LogP contribution in [0.2, 0.25) is 0 Å². The standard InChI is InChI=1S/C18H25N3S/c1-13-5-6-15(11-14(13)2)18-17-16(19-12-20-17)7-9-21(18)8-4-10-22-3/h5-6,11-12,18H,4,7-10H2,1-3H3,(H,19,20)/t18-/m0/s1. The molecular formula is C18H25N3S. The van der Waals surface area contributed by atoms with Gasteiger partial charge in [0, 0.05) is 18.7 Å². The van der Waals surface area contributed by atoms with E-state index in [1.165, 1.54) is 40.3 Å². The Kier molecular flexibility index (Phi) is 4.89. The van der Waals surface area contributed by atoms with Crippen LogP contribution in [0.15, 0.2) is 24.5 Å². The quantitative estimate of drug-likeness (QED) is 0.853. The summed E-state index contributed by atoms with van der Waals surface area (Å²) in [7, 11) is 0. The molecule has 118 valence electrons. The number of aromatic nitrogens is 2. The van der Waals surface area contributed by atoms with Crippen molar-refractivity contribution < 1.29 is 0 Å². The molecule has 22 heavy (non-hydrogen) atoms. The number of imidazole rings is 1. The van der Waals surface area contributed by atoms with Gasteiger partial charge in [-0.25, -0.2) is 4.98 Å². The summed E-state index contributed by atoms with van der Waals surface area (Å²) in [4.78, 5) is 10.6. The monoisotopic (exact) mass is 315 g/mol. The van der Waals surface area contributed by atoms with Crippen molar-refractivity contribution in [2.45, 2.75) is 32.7 Å². The first-order valence-electron chi connectivity index (χ1n) is 8.03. The lowest BCUT2D eigenvalue weighted by Crippen LogP contribution is -2.37. The maximum atomic E-state index is 4.64. The first-order chi connectivity index (χ1) is 10.7. The van der Waals surface area contributed by atoms with E-state index in [0.717, 1.165) is 19.5 Å². The Morgan fingerprint density at radius 1 is 1.32 bits per heavy atom. The fraction of sp³-hybridized carbons (Fsp3) is 0.500. The maximum absolute atomic E-state index is 4.64. The second-order valence-electron chi connectivity index (χ2n) is 6.14. The van der Waals surface area contributed by atoms with Crippen LogP contribution in [-0.2, 0) is 6.42 Å². The highest BCUT2D eigenvalue weighted by atomic mass is 32.2. The predicted octanol–water partition coefficient (Wildman–Crippen LogP) is 3.73. The fourth-order valence-electron chi connectivity index (χ4n) is 3.28. The van der Waals surface area contributed by atoms with Crippen molar-refractivity contribution in [1.29, 1.82) is 0 Å². The topological polar surface area (TPSA) is 31.9 Å². The van der Waals surface area contributed by atoms with E-state index in [-0.39, 0.29) is 0 Å². The van der Waals surface area contributed by atoms with Gasteiger partial charge in [0.15, 0.2) is 0 Å². The number of hydrogen-bond donors (Lipinski definition) is 1. The largest absolute Gasteiger partial charge is 0.348 e. The van der Waals surface area contributed by atoms with E-state index in [2.05, 4.69) is 53.2 Å². The average molecular weight is 315 g/mol. The molecule has 0 aliphatic carbocycles. The van der Waals surface area contributed by atoms with Crippen LogP contribution in [0.3, 0.4) is 0 Å². The number of aromatic amines is 1. The molecule has 1 atom stereocenters. The number of H-pyrrole nitrogens is 1. The molecule has 0 fully saturated rings. The van der Waals surface area contributed by atoms with Crippen LogP contribution in [0.5, 0.6) is 0 Å². The number of benzene rings is 1. The van der Waals surface area contributed by atoms with Gasteiger partial charge >= 0.3 is 0 Å². The molecule has 4 heteroatoms. The minimum atomic E-state index is 0.302. The smallest absolute Gasteiger partial charge is 0.0926 e. The van der Waals surface area contributed by atoms with Crippen molar-refractivity contribution in [2.24, 2.45) is 0 Å². The molecule has 2 aromatic rings. The third-order valence-electron chi connectivity index (χ3n) is 4.67. The molecule has 1 aliphatic rings. The summed E-state index contributed by atoms with van der Waals surface area (Å²) in [5.41, 5.74) is 6.63. The van der Waals surface area contributed by atoms with Gasteiger partial charge in [-0.1, -0.05) is 18.2 Å². The lowest BCUT2D eigenvalue weighted by atomic mass is 9.93. The SMILES string of the molecule is CSCCCN1CCc2[nH]cnc2[C@@H]1c1ccc(C)c(C)c1. The van der Waals surface area contributed by atoms with Crippen LogP contribution in [0.1, 0.15) is 40.5 Å². The summed E-state index contributed by atoms with van der Waals surface area (Å²) in [6.07, 6.45) is 6.35. The van der Waals surface area contributed by atoms with Crippen molar-refractivity contribution in [2.75, 3.05) is 25.1 Å². The van der Waals surface area contributed by atoms with Crippen LogP contribution in [0.25, 0.3) is 0 Å². The number of rotatable bonds is 5. The second-order valence-corrected chi connectivity index (χ2v) is 7.13. The van der Waals surface area contributed by atoms with Crippen molar-refractivity contribution in [3.8, 4) is 0 Å². The van der Waals surface area contributed by atoms with Crippen LogP contribution in [-0.4, -0.2) is 40.0 Å². The maximum Gasteiger partial charge on any atom is 0.0926 e. The molecule has 0 bridgehead atoms. The number of aryl methyl sites for hydroxylation is 2. The summed E-state index contributed by atoms with van der Waals surface area (Å²) in [6, 6.07) is 7.16. The summed E-state index contributed by atoms with van der Waals surface area (Å²) < 4.78 is 0. The number of hydrogen-bond acceptors (Lipinski definition) is 3. The van der Waals surface area contributed by atoms with Gasteiger partial charge in [-0.05, 0) is 55.5 Å². The molecule has 1 aromatic carbocycles. The van der Waals surface area contributed by atoms with E-state index in [9.17, 15) is 0 Å². The Bertz CT molecular complexity index is 635. The summed E-state index contributed by atoms with van der Waals surface area (Å²) in [5.74, 6) is 1.23. The van der Waals surface area contributed by atoms with Crippen LogP contribution < -0.4 is 0 Å². The van der Waals surface area contributed by atoms with Crippen molar-refractivity contribution >= 4 is 11.8 Å². The van der Waals surface area contributed by atoms with E-state index in [1.807, 2.05) is 18.1 Å². The van der Waals surface area contributed by atoms with E-state index < -0.39 is 0 Å². The molecule has 0 amide bonds. The Balaban J connectivity index is 1.92. The van der Waals surface area contributed by atoms with E-state index in [4.69, 9.17) is 0 Å². The van der Waals surface area contributed by atoms with Gasteiger partial charge in [0.25, 0.3) is 0 Å². The van der Waals surface area contributed by atoms with E-state index in [0.29, 0.717) is 6.04 Å². The zero-order valence-corrected chi connectivity index (χ0v) is 14.5. The third-order valence-corrected chi connectivity index (χ3v) is 5.36. The number of fused-ring (bicyclic) bond motifs is 1. The molecule has 0 saturated heterocycles. The van der Waals surface area contributed by atoms with Gasteiger partial charge in [0.2, 0.25) is 0 Å². The Morgan fingerprint density at radius 3 is 2.95 bits per heavy atom. The molecule has 3 rings (SSSR count). The highest BCUT2D eigenvalue weighted by molar-refractivity contribution is 7.98. The molecule has 0 radical (unpaired) electrons. The normalized spacial score (nSPS) is 18.4. The molecule has 2 heterocycles. The van der Waals surface area contributed by atoms with Gasteiger partial charge in [0.05, 0.1) is 18.1 Å². The summed E-state index contributed by atoms with van der Waals surface area (Å²) in [5, 5.41) is 0. The Hall–Kier alpha value is -1.26. The Labute approximate surface area is 137 Å². The number of nitrogens with one attached hydrogen (secondary N) is 1. The zero-order chi connectivity index (χ0) is 15.5. The summed E-state index contributed by atoms with van der Waals surface area (Å²) >= 11 is 1.93. The molecule has 3 nitrogen and oxygen atoms in total. The summed E-state index contributed by atoms with van der Waals surface area (Å²) in [6.45, 7) is 6.63. The predicted molar refractivity (Wildman–Crippen MR) is 94.6 cm³/mol. The van der Waals surface area contributed by atoms with Gasteiger partial charge < -0.3 is 4.98 Å². The van der Waals surface area contributed by atoms with E-state index in [1.54, 1.807) is 0 Å². The zero-order valence-electron chi connectivity index (χ0n) is 13.7. The molecule has 0 spiro atoms. The molecule has 1 aliphatic heterocycles. The van der Waals surface area contributed by atoms with Crippen molar-refractivity contribution in [3.05, 3.63) is 52.6 Å². The van der Waals surface area contributed by atoms with Crippen molar-refractivity contribution in [1.82, 2.24) is 14.9 Å². The first kappa shape index (κ1) is 15.6. The molecule has 0 saturated carbocycles. The minimum absolute atomic E-state index is 0.302. The lowest BCUT2D eigenvalue weighted by Gasteiger charge is -2.35. The molecule has 0 unspecified atom stereocenters. The highest BCUT2D eigenvalue weighted by Gasteiger charge is 2.30. The van der Waals surface area contributed by atoms with Crippen LogP contribution in [0.4, 0.5) is 0 Å². The lowest BCUT2D eigenvalue weighted by molar-refractivity contribution is 0.210. The van der Waals surface area contributed by atoms with Gasteiger partial charge in [-0.2, -0.15) is 11.8 Å². The van der Waals surface area contributed by atoms with Gasteiger partial charge in [-0.3, -0.25) is 4.90 Å². The molecule has 1 aromatic heterocycles. The highest BCUT2D eigenvalue weighted by Crippen LogP contribution is 2.34.